The summed E-state index contributed by atoms with van der Waals surface area (Å²) in [4.78, 5) is 4.17. The van der Waals surface area contributed by atoms with Crippen LogP contribution in [-0.2, 0) is 0 Å². The van der Waals surface area contributed by atoms with Crippen LogP contribution >= 0.6 is 11.3 Å². The summed E-state index contributed by atoms with van der Waals surface area (Å²) in [7, 11) is 0. The van der Waals surface area contributed by atoms with Crippen LogP contribution in [-0.4, -0.2) is 23.2 Å². The van der Waals surface area contributed by atoms with E-state index in [9.17, 15) is 5.11 Å². The lowest BCUT2D eigenvalue weighted by molar-refractivity contribution is 0.0944. The molecule has 0 amide bonds. The number of aliphatic hydroxyl groups excluding tert-OH is 1. The molecule has 0 saturated heterocycles. The maximum Gasteiger partial charge on any atom is 0.184 e. The van der Waals surface area contributed by atoms with Gasteiger partial charge in [0, 0.05) is 12.0 Å². The smallest absolute Gasteiger partial charge is 0.184 e. The number of aliphatic hydroxyl groups is 1. The third kappa shape index (κ3) is 2.65. The van der Waals surface area contributed by atoms with Gasteiger partial charge in [-0.15, -0.1) is 0 Å². The SMILES string of the molecule is Nc1cnc(NCC2(CO)CCCCC2)s1. The van der Waals surface area contributed by atoms with E-state index in [1.54, 1.807) is 6.20 Å². The van der Waals surface area contributed by atoms with Crippen molar-refractivity contribution in [2.45, 2.75) is 32.1 Å². The molecule has 90 valence electrons. The second-order valence-electron chi connectivity index (χ2n) is 4.64. The predicted molar refractivity (Wildman–Crippen MR) is 67.6 cm³/mol. The number of hydrogen-bond donors (Lipinski definition) is 3. The Morgan fingerprint density at radius 2 is 2.19 bits per heavy atom. The number of aromatic nitrogens is 1. The lowest BCUT2D eigenvalue weighted by atomic mass is 9.74. The molecule has 16 heavy (non-hydrogen) atoms. The molecule has 0 atom stereocenters. The summed E-state index contributed by atoms with van der Waals surface area (Å²) in [5.74, 6) is 0. The molecule has 1 aromatic rings. The minimum atomic E-state index is 0.0542. The standard InChI is InChI=1S/C11H19N3OS/c12-9-6-13-10(16-9)14-7-11(8-15)4-2-1-3-5-11/h6,15H,1-5,7-8,12H2,(H,13,14). The van der Waals surface area contributed by atoms with Crippen LogP contribution in [0.5, 0.6) is 0 Å². The second kappa shape index (κ2) is 5.01. The minimum Gasteiger partial charge on any atom is -0.396 e. The molecule has 0 aromatic carbocycles. The highest BCUT2D eigenvalue weighted by Crippen LogP contribution is 2.36. The quantitative estimate of drug-likeness (QED) is 0.754. The molecule has 0 unspecified atom stereocenters. The predicted octanol–water partition coefficient (Wildman–Crippen LogP) is 2.08. The number of rotatable bonds is 4. The Morgan fingerprint density at radius 3 is 2.75 bits per heavy atom. The van der Waals surface area contributed by atoms with Crippen LogP contribution in [0.25, 0.3) is 0 Å². The molecule has 4 nitrogen and oxygen atoms in total. The van der Waals surface area contributed by atoms with Crippen molar-refractivity contribution in [2.24, 2.45) is 5.41 Å². The number of nitrogens with zero attached hydrogens (tertiary/aromatic N) is 1. The van der Waals surface area contributed by atoms with Crippen molar-refractivity contribution in [3.05, 3.63) is 6.20 Å². The normalized spacial score (nSPS) is 19.6. The molecule has 1 heterocycles. The van der Waals surface area contributed by atoms with Gasteiger partial charge in [-0.2, -0.15) is 0 Å². The largest absolute Gasteiger partial charge is 0.396 e. The summed E-state index contributed by atoms with van der Waals surface area (Å²) in [6, 6.07) is 0. The van der Waals surface area contributed by atoms with Crippen LogP contribution in [0.4, 0.5) is 10.1 Å². The van der Waals surface area contributed by atoms with Gasteiger partial charge in [0.05, 0.1) is 12.8 Å². The molecule has 5 heteroatoms. The lowest BCUT2D eigenvalue weighted by Gasteiger charge is -2.35. The first-order chi connectivity index (χ1) is 7.74. The number of anilines is 2. The highest BCUT2D eigenvalue weighted by Gasteiger charge is 2.31. The monoisotopic (exact) mass is 241 g/mol. The Labute approximate surface area is 99.9 Å². The molecule has 0 aliphatic heterocycles. The molecule has 0 spiro atoms. The maximum absolute atomic E-state index is 9.54. The van der Waals surface area contributed by atoms with E-state index in [0.29, 0.717) is 0 Å². The Morgan fingerprint density at radius 1 is 1.44 bits per heavy atom. The van der Waals surface area contributed by atoms with Crippen LogP contribution in [0.2, 0.25) is 0 Å². The zero-order chi connectivity index (χ0) is 11.4. The number of nitrogen functional groups attached to an aromatic ring is 1. The Balaban J connectivity index is 1.91. The molecule has 2 rings (SSSR count). The minimum absolute atomic E-state index is 0.0542. The molecule has 4 N–H and O–H groups in total. The number of thiazole rings is 1. The molecule has 0 bridgehead atoms. The van der Waals surface area contributed by atoms with Crippen molar-refractivity contribution in [1.29, 1.82) is 0 Å². The maximum atomic E-state index is 9.54. The van der Waals surface area contributed by atoms with Gasteiger partial charge in [0.25, 0.3) is 0 Å². The van der Waals surface area contributed by atoms with Crippen molar-refractivity contribution < 1.29 is 5.11 Å². The Bertz CT molecular complexity index is 334. The van der Waals surface area contributed by atoms with Gasteiger partial charge in [0.2, 0.25) is 0 Å². The van der Waals surface area contributed by atoms with Crippen LogP contribution in [0.3, 0.4) is 0 Å². The van der Waals surface area contributed by atoms with Gasteiger partial charge < -0.3 is 16.2 Å². The first-order valence-corrected chi connectivity index (χ1v) is 6.62. The van der Waals surface area contributed by atoms with Crippen LogP contribution < -0.4 is 11.1 Å². The van der Waals surface area contributed by atoms with Gasteiger partial charge >= 0.3 is 0 Å². The molecule has 1 aliphatic carbocycles. The highest BCUT2D eigenvalue weighted by atomic mass is 32.1. The van der Waals surface area contributed by atoms with Crippen molar-refractivity contribution in [2.75, 3.05) is 24.2 Å². The van der Waals surface area contributed by atoms with Crippen LogP contribution in [0.1, 0.15) is 32.1 Å². The van der Waals surface area contributed by atoms with Gasteiger partial charge in [-0.25, -0.2) is 4.98 Å². The molecule has 1 aliphatic rings. The van der Waals surface area contributed by atoms with E-state index >= 15 is 0 Å². The van der Waals surface area contributed by atoms with E-state index in [1.165, 1.54) is 30.6 Å². The first-order valence-electron chi connectivity index (χ1n) is 5.80. The molecule has 1 aromatic heterocycles. The van der Waals surface area contributed by atoms with E-state index in [1.807, 2.05) is 0 Å². The number of nitrogens with two attached hydrogens (primary N) is 1. The summed E-state index contributed by atoms with van der Waals surface area (Å²) in [5, 5.41) is 14.4. The van der Waals surface area contributed by atoms with Gasteiger partial charge in [-0.1, -0.05) is 30.6 Å². The van der Waals surface area contributed by atoms with Gasteiger partial charge in [-0.3, -0.25) is 0 Å². The van der Waals surface area contributed by atoms with Crippen LogP contribution in [0, 0.1) is 5.41 Å². The summed E-state index contributed by atoms with van der Waals surface area (Å²) in [6.07, 6.45) is 7.63. The average molecular weight is 241 g/mol. The Hall–Kier alpha value is -0.810. The molecule has 0 radical (unpaired) electrons. The highest BCUT2D eigenvalue weighted by molar-refractivity contribution is 7.19. The second-order valence-corrected chi connectivity index (χ2v) is 5.70. The molecular formula is C11H19N3OS. The topological polar surface area (TPSA) is 71.2 Å². The van der Waals surface area contributed by atoms with Gasteiger partial charge in [0.15, 0.2) is 5.13 Å². The lowest BCUT2D eigenvalue weighted by Crippen LogP contribution is -2.35. The fraction of sp³-hybridized carbons (Fsp3) is 0.727. The zero-order valence-corrected chi connectivity index (χ0v) is 10.2. The van der Waals surface area contributed by atoms with E-state index in [4.69, 9.17) is 5.73 Å². The molecular weight excluding hydrogens is 222 g/mol. The summed E-state index contributed by atoms with van der Waals surface area (Å²) >= 11 is 1.46. The summed E-state index contributed by atoms with van der Waals surface area (Å²) < 4.78 is 0. The van der Waals surface area contributed by atoms with Crippen molar-refractivity contribution in [3.63, 3.8) is 0 Å². The molecule has 1 fully saturated rings. The van der Waals surface area contributed by atoms with Gasteiger partial charge in [-0.05, 0) is 12.8 Å². The van der Waals surface area contributed by atoms with Gasteiger partial charge in [0.1, 0.15) is 5.00 Å². The third-order valence-electron chi connectivity index (χ3n) is 3.39. The van der Waals surface area contributed by atoms with E-state index in [0.717, 1.165) is 29.5 Å². The van der Waals surface area contributed by atoms with E-state index in [2.05, 4.69) is 10.3 Å². The number of nitrogens with one attached hydrogen (secondary N) is 1. The molecule has 1 saturated carbocycles. The van der Waals surface area contributed by atoms with Crippen LogP contribution in [0.15, 0.2) is 6.20 Å². The fourth-order valence-corrected chi connectivity index (χ4v) is 2.90. The fourth-order valence-electron chi connectivity index (χ4n) is 2.32. The van der Waals surface area contributed by atoms with Crippen molar-refractivity contribution in [3.8, 4) is 0 Å². The zero-order valence-electron chi connectivity index (χ0n) is 9.41. The Kier molecular flexibility index (Phi) is 3.66. The number of hydrogen-bond acceptors (Lipinski definition) is 5. The van der Waals surface area contributed by atoms with E-state index < -0.39 is 0 Å². The average Bonchev–Trinajstić information content (AvgIpc) is 2.74. The summed E-state index contributed by atoms with van der Waals surface area (Å²) in [6.45, 7) is 1.07. The summed E-state index contributed by atoms with van der Waals surface area (Å²) in [5.41, 5.74) is 5.67. The first kappa shape index (κ1) is 11.7. The van der Waals surface area contributed by atoms with Crippen molar-refractivity contribution in [1.82, 2.24) is 4.98 Å². The third-order valence-corrected chi connectivity index (χ3v) is 4.17. The van der Waals surface area contributed by atoms with E-state index in [-0.39, 0.29) is 12.0 Å². The van der Waals surface area contributed by atoms with Crippen molar-refractivity contribution >= 4 is 21.5 Å².